The number of phenols is 1. The number of rotatable bonds is 8. The normalized spacial score (nSPS) is 14.6. The summed E-state index contributed by atoms with van der Waals surface area (Å²) in [6, 6.07) is 22.1. The van der Waals surface area contributed by atoms with E-state index in [2.05, 4.69) is 46.2 Å². The molecular weight excluding hydrogens is 668 g/mol. The van der Waals surface area contributed by atoms with E-state index in [1.54, 1.807) is 23.5 Å². The Morgan fingerprint density at radius 3 is 1.80 bits per heavy atom. The molecule has 2 saturated heterocycles. The highest BCUT2D eigenvalue weighted by Crippen LogP contribution is 2.41. The molecule has 3 aromatic carbocycles. The SMILES string of the molecule is O=C(O)C(=O)O.O=C(O)C(=O)O.O=C(c1ccc(CN2CCCC2)cc1)c1c(-c2ccc(CCN3CCOCC3)cc2)sc2cc(O)ccc12. The van der Waals surface area contributed by atoms with E-state index in [9.17, 15) is 9.90 Å². The summed E-state index contributed by atoms with van der Waals surface area (Å²) in [7, 11) is 0. The summed E-state index contributed by atoms with van der Waals surface area (Å²) in [6.07, 6.45) is 3.54. The summed E-state index contributed by atoms with van der Waals surface area (Å²) < 4.78 is 6.38. The molecule has 0 atom stereocenters. The molecule has 0 amide bonds. The predicted molar refractivity (Wildman–Crippen MR) is 185 cm³/mol. The van der Waals surface area contributed by atoms with Gasteiger partial charge in [0.15, 0.2) is 5.78 Å². The molecule has 14 heteroatoms. The van der Waals surface area contributed by atoms with Crippen LogP contribution in [0, 0.1) is 0 Å². The van der Waals surface area contributed by atoms with Crippen molar-refractivity contribution in [1.82, 2.24) is 9.80 Å². The van der Waals surface area contributed by atoms with Gasteiger partial charge in [-0.25, -0.2) is 19.2 Å². The third kappa shape index (κ3) is 10.7. The molecule has 5 N–H and O–H groups in total. The van der Waals surface area contributed by atoms with Crippen LogP contribution in [0.2, 0.25) is 0 Å². The third-order valence-corrected chi connectivity index (χ3v) is 9.33. The highest BCUT2D eigenvalue weighted by molar-refractivity contribution is 7.22. The van der Waals surface area contributed by atoms with Crippen molar-refractivity contribution in [2.75, 3.05) is 45.9 Å². The molecule has 264 valence electrons. The van der Waals surface area contributed by atoms with Crippen LogP contribution in [0.15, 0.2) is 66.7 Å². The van der Waals surface area contributed by atoms with Gasteiger partial charge in [-0.3, -0.25) is 14.6 Å². The lowest BCUT2D eigenvalue weighted by Crippen LogP contribution is -2.37. The summed E-state index contributed by atoms with van der Waals surface area (Å²) in [5, 5.41) is 40.6. The Labute approximate surface area is 291 Å². The Morgan fingerprint density at radius 2 is 1.24 bits per heavy atom. The number of fused-ring (bicyclic) bond motifs is 1. The van der Waals surface area contributed by atoms with Crippen LogP contribution in [-0.4, -0.2) is 111 Å². The average Bonchev–Trinajstić information content (AvgIpc) is 3.76. The molecule has 2 fully saturated rings. The Kier molecular flexibility index (Phi) is 13.6. The van der Waals surface area contributed by atoms with Gasteiger partial charge in [-0.05, 0) is 67.2 Å². The number of phenolic OH excluding ortho intramolecular Hbond substituents is 1. The molecule has 6 rings (SSSR count). The minimum atomic E-state index is -1.82. The number of hydrogen-bond acceptors (Lipinski definition) is 10. The smallest absolute Gasteiger partial charge is 0.414 e. The number of hydrogen-bond donors (Lipinski definition) is 5. The predicted octanol–water partition coefficient (Wildman–Crippen LogP) is 4.29. The summed E-state index contributed by atoms with van der Waals surface area (Å²) in [5.74, 6) is -7.05. The van der Waals surface area contributed by atoms with Crippen molar-refractivity contribution in [2.45, 2.75) is 25.8 Å². The van der Waals surface area contributed by atoms with Crippen LogP contribution >= 0.6 is 11.3 Å². The molecule has 1 aromatic heterocycles. The Balaban J connectivity index is 0.000000404. The first-order valence-electron chi connectivity index (χ1n) is 15.9. The molecule has 0 unspecified atom stereocenters. The molecule has 4 aromatic rings. The molecule has 2 aliphatic heterocycles. The number of ether oxygens (including phenoxy) is 1. The Bertz CT molecular complexity index is 1760. The minimum Gasteiger partial charge on any atom is -0.508 e. The van der Waals surface area contributed by atoms with E-state index >= 15 is 0 Å². The van der Waals surface area contributed by atoms with Crippen LogP contribution in [-0.2, 0) is 36.9 Å². The highest BCUT2D eigenvalue weighted by atomic mass is 32.1. The number of carbonyl (C=O) groups excluding carboxylic acids is 1. The second-order valence-electron chi connectivity index (χ2n) is 11.6. The van der Waals surface area contributed by atoms with E-state index in [0.29, 0.717) is 5.56 Å². The van der Waals surface area contributed by atoms with Gasteiger partial charge in [0.25, 0.3) is 0 Å². The van der Waals surface area contributed by atoms with Crippen molar-refractivity contribution in [3.05, 3.63) is 89.0 Å². The minimum absolute atomic E-state index is 0.0288. The first kappa shape index (κ1) is 37.7. The molecule has 0 spiro atoms. The zero-order valence-electron chi connectivity index (χ0n) is 27.1. The van der Waals surface area contributed by atoms with Crippen LogP contribution in [0.3, 0.4) is 0 Å². The number of aromatic hydroxyl groups is 1. The van der Waals surface area contributed by atoms with Crippen molar-refractivity contribution in [1.29, 1.82) is 0 Å². The number of aliphatic carboxylic acids is 4. The summed E-state index contributed by atoms with van der Waals surface area (Å²) in [4.78, 5) is 56.2. The lowest BCUT2D eigenvalue weighted by Gasteiger charge is -2.26. The number of morpholine rings is 1. The fourth-order valence-corrected chi connectivity index (χ4v) is 6.79. The fourth-order valence-electron chi connectivity index (χ4n) is 5.55. The Morgan fingerprint density at radius 1 is 0.680 bits per heavy atom. The standard InChI is InChI=1S/C32H34N2O3S.2C2H2O4/c35-27-11-12-28-29(21-27)38-32(26-9-3-23(4-10-26)13-16-33-17-19-37-20-18-33)30(28)31(36)25-7-5-24(6-8-25)22-34-14-1-2-15-34;2*3-1(4)2(5)6/h3-12,21,35H,1-2,13-20,22H2;2*(H,3,4)(H,5,6). The van der Waals surface area contributed by atoms with E-state index in [-0.39, 0.29) is 11.5 Å². The number of likely N-dealkylation sites (tertiary alicyclic amines) is 1. The number of benzene rings is 3. The number of carbonyl (C=O) groups is 5. The van der Waals surface area contributed by atoms with Crippen molar-refractivity contribution in [3.63, 3.8) is 0 Å². The van der Waals surface area contributed by atoms with Crippen LogP contribution in [0.4, 0.5) is 0 Å². The second-order valence-corrected chi connectivity index (χ2v) is 12.7. The quantitative estimate of drug-likeness (QED) is 0.128. The second kappa shape index (κ2) is 18.0. The van der Waals surface area contributed by atoms with Gasteiger partial charge in [-0.1, -0.05) is 48.5 Å². The lowest BCUT2D eigenvalue weighted by atomic mass is 9.96. The Hall–Kier alpha value is -5.15. The maximum Gasteiger partial charge on any atom is 0.414 e. The van der Waals surface area contributed by atoms with Crippen molar-refractivity contribution in [2.24, 2.45) is 0 Å². The molecule has 2 aliphatic rings. The number of ketones is 1. The molecular formula is C36H38N2O11S. The maximum absolute atomic E-state index is 13.9. The van der Waals surface area contributed by atoms with Crippen LogP contribution < -0.4 is 0 Å². The van der Waals surface area contributed by atoms with Crippen molar-refractivity contribution < 1.29 is 54.2 Å². The van der Waals surface area contributed by atoms with Gasteiger partial charge in [0.1, 0.15) is 5.75 Å². The maximum atomic E-state index is 13.9. The average molecular weight is 707 g/mol. The number of thiophene rings is 1. The molecule has 13 nitrogen and oxygen atoms in total. The van der Waals surface area contributed by atoms with Gasteiger partial charge in [0, 0.05) is 52.3 Å². The highest BCUT2D eigenvalue weighted by Gasteiger charge is 2.22. The van der Waals surface area contributed by atoms with E-state index in [4.69, 9.17) is 44.3 Å². The largest absolute Gasteiger partial charge is 0.508 e. The summed E-state index contributed by atoms with van der Waals surface area (Å²) in [6.45, 7) is 7.92. The van der Waals surface area contributed by atoms with Crippen LogP contribution in [0.1, 0.15) is 39.9 Å². The first-order chi connectivity index (χ1) is 23.9. The number of carboxylic acid groups (broad SMARTS) is 4. The van der Waals surface area contributed by atoms with Crippen LogP contribution in [0.25, 0.3) is 20.5 Å². The molecule has 0 radical (unpaired) electrons. The van der Waals surface area contributed by atoms with Gasteiger partial charge in [-0.15, -0.1) is 11.3 Å². The lowest BCUT2D eigenvalue weighted by molar-refractivity contribution is -0.159. The molecule has 3 heterocycles. The van der Waals surface area contributed by atoms with Gasteiger partial charge in [0.05, 0.1) is 13.2 Å². The molecule has 50 heavy (non-hydrogen) atoms. The van der Waals surface area contributed by atoms with Gasteiger partial charge in [-0.2, -0.15) is 0 Å². The van der Waals surface area contributed by atoms with Gasteiger partial charge < -0.3 is 30.3 Å². The fraction of sp³-hybridized carbons (Fsp3) is 0.306. The topological polar surface area (TPSA) is 202 Å². The van der Waals surface area contributed by atoms with Crippen molar-refractivity contribution >= 4 is 51.1 Å². The number of nitrogens with zero attached hydrogens (tertiary/aromatic N) is 2. The summed E-state index contributed by atoms with van der Waals surface area (Å²) >= 11 is 1.57. The van der Waals surface area contributed by atoms with Gasteiger partial charge in [0.2, 0.25) is 0 Å². The van der Waals surface area contributed by atoms with Gasteiger partial charge >= 0.3 is 23.9 Å². The zero-order chi connectivity index (χ0) is 36.2. The van der Waals surface area contributed by atoms with E-state index in [0.717, 1.165) is 85.0 Å². The summed E-state index contributed by atoms with van der Waals surface area (Å²) in [5.41, 5.74) is 5.00. The molecule has 0 bridgehead atoms. The molecule has 0 aliphatic carbocycles. The van der Waals surface area contributed by atoms with Crippen LogP contribution in [0.5, 0.6) is 5.75 Å². The molecule has 0 saturated carbocycles. The monoisotopic (exact) mass is 706 g/mol. The van der Waals surface area contributed by atoms with E-state index in [1.807, 2.05) is 18.2 Å². The first-order valence-corrected chi connectivity index (χ1v) is 16.7. The third-order valence-electron chi connectivity index (χ3n) is 8.12. The zero-order valence-corrected chi connectivity index (χ0v) is 27.9. The van der Waals surface area contributed by atoms with Crippen molar-refractivity contribution in [3.8, 4) is 16.2 Å². The number of carboxylic acids is 4. The van der Waals surface area contributed by atoms with E-state index < -0.39 is 23.9 Å². The van der Waals surface area contributed by atoms with E-state index in [1.165, 1.54) is 24.0 Å².